The second-order valence-electron chi connectivity index (χ2n) is 11.4. The summed E-state index contributed by atoms with van der Waals surface area (Å²) in [4.78, 5) is 11.1. The Bertz CT molecular complexity index is 612. The molecule has 0 aromatic heterocycles. The number of rotatable bonds is 4. The molecular formula is C24H40KO4. The molecule has 0 bridgehead atoms. The largest absolute Gasteiger partial charge is 0.481 e. The van der Waals surface area contributed by atoms with Crippen LogP contribution in [0.15, 0.2) is 0 Å². The molecule has 0 spiro atoms. The van der Waals surface area contributed by atoms with Crippen molar-refractivity contribution in [2.45, 2.75) is 97.2 Å². The van der Waals surface area contributed by atoms with Crippen molar-refractivity contribution in [2.75, 3.05) is 0 Å². The first-order valence-electron chi connectivity index (χ1n) is 11.7. The minimum Gasteiger partial charge on any atom is -0.481 e. The molecule has 4 aliphatic rings. The molecule has 4 nitrogen and oxygen atoms in total. The van der Waals surface area contributed by atoms with Crippen molar-refractivity contribution < 1.29 is 20.1 Å². The van der Waals surface area contributed by atoms with Crippen molar-refractivity contribution in [1.29, 1.82) is 0 Å². The Morgan fingerprint density at radius 3 is 2.34 bits per heavy atom. The van der Waals surface area contributed by atoms with Gasteiger partial charge in [0, 0.05) is 57.8 Å². The van der Waals surface area contributed by atoms with E-state index in [-0.39, 0.29) is 80.8 Å². The fourth-order valence-corrected chi connectivity index (χ4v) is 8.73. The molecule has 4 saturated carbocycles. The van der Waals surface area contributed by atoms with Gasteiger partial charge < -0.3 is 15.3 Å². The molecule has 5 heteroatoms. The molecule has 4 aliphatic carbocycles. The van der Waals surface area contributed by atoms with E-state index in [1.54, 1.807) is 0 Å². The summed E-state index contributed by atoms with van der Waals surface area (Å²) in [6.45, 7) is 7.16. The summed E-state index contributed by atoms with van der Waals surface area (Å²) in [5.41, 5.74) is 0.523. The Morgan fingerprint density at radius 2 is 1.66 bits per heavy atom. The zero-order chi connectivity index (χ0) is 20.3. The van der Waals surface area contributed by atoms with E-state index in [9.17, 15) is 15.0 Å². The third kappa shape index (κ3) is 4.20. The van der Waals surface area contributed by atoms with Crippen molar-refractivity contribution in [1.82, 2.24) is 0 Å². The molecule has 0 aromatic rings. The van der Waals surface area contributed by atoms with Crippen LogP contribution in [0.4, 0.5) is 0 Å². The second kappa shape index (κ2) is 9.11. The Kier molecular flexibility index (Phi) is 7.75. The molecule has 1 radical (unpaired) electrons. The van der Waals surface area contributed by atoms with Crippen LogP contribution in [0.25, 0.3) is 0 Å². The Labute approximate surface area is 219 Å². The number of aliphatic hydroxyl groups excluding tert-OH is 2. The first-order chi connectivity index (χ1) is 13.2. The van der Waals surface area contributed by atoms with Gasteiger partial charge in [-0.2, -0.15) is 0 Å². The van der Waals surface area contributed by atoms with E-state index >= 15 is 0 Å². The summed E-state index contributed by atoms with van der Waals surface area (Å²) in [6, 6.07) is 0. The molecule has 0 aliphatic heterocycles. The van der Waals surface area contributed by atoms with Crippen LogP contribution < -0.4 is 0 Å². The van der Waals surface area contributed by atoms with Gasteiger partial charge in [-0.3, -0.25) is 4.79 Å². The maximum Gasteiger partial charge on any atom is 0.303 e. The molecule has 0 saturated heterocycles. The van der Waals surface area contributed by atoms with Gasteiger partial charge >= 0.3 is 5.97 Å². The molecule has 0 amide bonds. The van der Waals surface area contributed by atoms with Crippen LogP contribution in [0.1, 0.15) is 85.0 Å². The van der Waals surface area contributed by atoms with Crippen LogP contribution >= 0.6 is 0 Å². The summed E-state index contributed by atoms with van der Waals surface area (Å²) in [5, 5.41) is 30.5. The summed E-state index contributed by atoms with van der Waals surface area (Å²) >= 11 is 0. The monoisotopic (exact) mass is 431 g/mol. The van der Waals surface area contributed by atoms with Crippen LogP contribution in [-0.2, 0) is 4.79 Å². The second-order valence-corrected chi connectivity index (χ2v) is 11.4. The van der Waals surface area contributed by atoms with E-state index in [1.807, 2.05) is 0 Å². The number of aliphatic carboxylic acids is 1. The standard InChI is InChI=1S/C24H40O4.K/c1-14(4-7-21(27)28)17-5-6-18-22-19(9-11-24(17,18)3)23(2)10-8-16(25)12-15(23)13-20(22)26;/h14-20,22,25-26H,4-13H2,1-3H3,(H,27,28);/t14?,15?,16?,17?,18?,19?,20?,22?,23-,24+;/m0./s1. The van der Waals surface area contributed by atoms with Crippen molar-refractivity contribution in [3.63, 3.8) is 0 Å². The first-order valence-corrected chi connectivity index (χ1v) is 11.7. The number of carboxylic acid groups (broad SMARTS) is 1. The predicted octanol–water partition coefficient (Wildman–Crippen LogP) is 4.10. The maximum atomic E-state index is 11.2. The van der Waals surface area contributed by atoms with Gasteiger partial charge in [-0.25, -0.2) is 0 Å². The minimum atomic E-state index is -0.684. The quantitative estimate of drug-likeness (QED) is 0.586. The molecule has 8 unspecified atom stereocenters. The van der Waals surface area contributed by atoms with E-state index in [0.29, 0.717) is 35.5 Å². The van der Waals surface area contributed by atoms with Crippen LogP contribution in [0.3, 0.4) is 0 Å². The Balaban J connectivity index is 0.00000240. The average Bonchev–Trinajstić information content (AvgIpc) is 2.98. The van der Waals surface area contributed by atoms with Crippen LogP contribution in [0, 0.1) is 46.3 Å². The molecular weight excluding hydrogens is 391 g/mol. The van der Waals surface area contributed by atoms with Crippen LogP contribution in [-0.4, -0.2) is 84.9 Å². The maximum absolute atomic E-state index is 11.2. The van der Waals surface area contributed by atoms with Crippen molar-refractivity contribution in [2.24, 2.45) is 46.3 Å². The zero-order valence-electron chi connectivity index (χ0n) is 18.9. The average molecular weight is 432 g/mol. The Morgan fingerprint density at radius 1 is 1.00 bits per heavy atom. The van der Waals surface area contributed by atoms with Crippen LogP contribution in [0.5, 0.6) is 0 Å². The smallest absolute Gasteiger partial charge is 0.303 e. The molecule has 0 aromatic carbocycles. The Hall–Kier alpha value is 1.03. The third-order valence-corrected chi connectivity index (χ3v) is 10.2. The van der Waals surface area contributed by atoms with Crippen molar-refractivity contribution in [3.05, 3.63) is 0 Å². The van der Waals surface area contributed by atoms with E-state index in [0.717, 1.165) is 32.1 Å². The summed E-state index contributed by atoms with van der Waals surface area (Å²) in [7, 11) is 0. The molecule has 29 heavy (non-hydrogen) atoms. The van der Waals surface area contributed by atoms with Gasteiger partial charge in [0.25, 0.3) is 0 Å². The molecule has 4 rings (SSSR count). The van der Waals surface area contributed by atoms with Gasteiger partial charge in [-0.15, -0.1) is 0 Å². The number of hydrogen-bond donors (Lipinski definition) is 3. The topological polar surface area (TPSA) is 77.8 Å². The number of carboxylic acids is 1. The number of aliphatic hydroxyl groups is 2. The SMILES string of the molecule is CC(CCC(=O)O)C1CCC2C3C(O)CC4CC(O)CC[C@]4(C)C3CC[C@]12C.[K]. The molecule has 161 valence electrons. The van der Waals surface area contributed by atoms with E-state index in [2.05, 4.69) is 20.8 Å². The zero-order valence-corrected chi connectivity index (χ0v) is 22.1. The summed E-state index contributed by atoms with van der Waals surface area (Å²) < 4.78 is 0. The van der Waals surface area contributed by atoms with E-state index in [4.69, 9.17) is 5.11 Å². The summed E-state index contributed by atoms with van der Waals surface area (Å²) in [5.74, 6) is 2.36. The van der Waals surface area contributed by atoms with Gasteiger partial charge in [0.15, 0.2) is 0 Å². The molecule has 3 N–H and O–H groups in total. The van der Waals surface area contributed by atoms with Gasteiger partial charge in [0.05, 0.1) is 12.2 Å². The van der Waals surface area contributed by atoms with E-state index < -0.39 is 5.97 Å². The fourth-order valence-electron chi connectivity index (χ4n) is 8.73. The van der Waals surface area contributed by atoms with Crippen molar-refractivity contribution >= 4 is 57.4 Å². The predicted molar refractivity (Wildman–Crippen MR) is 114 cm³/mol. The fraction of sp³-hybridized carbons (Fsp3) is 0.958. The third-order valence-electron chi connectivity index (χ3n) is 10.2. The van der Waals surface area contributed by atoms with Gasteiger partial charge in [0.2, 0.25) is 0 Å². The van der Waals surface area contributed by atoms with Gasteiger partial charge in [-0.05, 0) is 104 Å². The number of fused-ring (bicyclic) bond motifs is 5. The van der Waals surface area contributed by atoms with Crippen molar-refractivity contribution in [3.8, 4) is 0 Å². The van der Waals surface area contributed by atoms with E-state index in [1.165, 1.54) is 25.7 Å². The number of hydrogen-bond acceptors (Lipinski definition) is 3. The van der Waals surface area contributed by atoms with Gasteiger partial charge in [-0.1, -0.05) is 20.8 Å². The van der Waals surface area contributed by atoms with Crippen LogP contribution in [0.2, 0.25) is 0 Å². The first kappa shape index (κ1) is 24.7. The molecule has 4 fully saturated rings. The minimum absolute atomic E-state index is 0. The summed E-state index contributed by atoms with van der Waals surface area (Å²) in [6.07, 6.45) is 9.19. The molecule has 10 atom stereocenters. The molecule has 0 heterocycles. The van der Waals surface area contributed by atoms with Gasteiger partial charge in [0.1, 0.15) is 0 Å². The normalized spacial score (nSPS) is 49.9. The number of carbonyl (C=O) groups is 1.